The monoisotopic (exact) mass is 240 g/mol. The van der Waals surface area contributed by atoms with Crippen LogP contribution < -0.4 is 5.73 Å². The maximum atomic E-state index is 12.3. The Morgan fingerprint density at radius 3 is 2.29 bits per heavy atom. The number of rotatable bonds is 1. The highest BCUT2D eigenvalue weighted by Crippen LogP contribution is 2.29. The number of nitrogen functional groups attached to an aromatic ring is 1. The largest absolute Gasteiger partial charge is 0.417 e. The van der Waals surface area contributed by atoms with Crippen molar-refractivity contribution >= 4 is 5.95 Å². The summed E-state index contributed by atoms with van der Waals surface area (Å²) in [6, 6.07) is 3.71. The van der Waals surface area contributed by atoms with Crippen LogP contribution >= 0.6 is 0 Å². The standard InChI is InChI=1S/C10H7F3N4/c11-10(12,13)6-1-2-7(16-5-6)8-3-4-15-9(14)17-8/h1-5H,(H2,14,15,17). The van der Waals surface area contributed by atoms with Gasteiger partial charge in [0.1, 0.15) is 0 Å². The van der Waals surface area contributed by atoms with Crippen LogP contribution in [0.2, 0.25) is 0 Å². The maximum absolute atomic E-state index is 12.3. The first-order valence-electron chi connectivity index (χ1n) is 4.59. The number of anilines is 1. The van der Waals surface area contributed by atoms with Crippen LogP contribution in [-0.4, -0.2) is 15.0 Å². The number of pyridine rings is 1. The molecule has 0 fully saturated rings. The normalized spacial score (nSPS) is 11.5. The van der Waals surface area contributed by atoms with Gasteiger partial charge in [-0.3, -0.25) is 4.98 Å². The summed E-state index contributed by atoms with van der Waals surface area (Å²) in [4.78, 5) is 11.2. The molecule has 2 aromatic heterocycles. The van der Waals surface area contributed by atoms with Crippen LogP contribution in [0.15, 0.2) is 30.6 Å². The van der Waals surface area contributed by atoms with Gasteiger partial charge in [-0.05, 0) is 18.2 Å². The third kappa shape index (κ3) is 2.49. The SMILES string of the molecule is Nc1nccc(-c2ccc(C(F)(F)F)cn2)n1. The van der Waals surface area contributed by atoms with E-state index in [1.54, 1.807) is 0 Å². The van der Waals surface area contributed by atoms with Crippen molar-refractivity contribution in [1.82, 2.24) is 15.0 Å². The molecule has 0 amide bonds. The van der Waals surface area contributed by atoms with Gasteiger partial charge in [-0.1, -0.05) is 0 Å². The molecule has 0 unspecified atom stereocenters. The molecule has 0 atom stereocenters. The smallest absolute Gasteiger partial charge is 0.368 e. The number of alkyl halides is 3. The lowest BCUT2D eigenvalue weighted by Crippen LogP contribution is -2.05. The first-order chi connectivity index (χ1) is 7.97. The Morgan fingerprint density at radius 1 is 1.00 bits per heavy atom. The van der Waals surface area contributed by atoms with Crippen LogP contribution in [-0.2, 0) is 6.18 Å². The van der Waals surface area contributed by atoms with E-state index >= 15 is 0 Å². The number of hydrogen-bond acceptors (Lipinski definition) is 4. The van der Waals surface area contributed by atoms with Gasteiger partial charge in [-0.15, -0.1) is 0 Å². The van der Waals surface area contributed by atoms with E-state index in [4.69, 9.17) is 5.73 Å². The molecule has 0 saturated heterocycles. The maximum Gasteiger partial charge on any atom is 0.417 e. The van der Waals surface area contributed by atoms with E-state index in [-0.39, 0.29) is 5.95 Å². The van der Waals surface area contributed by atoms with E-state index in [0.717, 1.165) is 12.3 Å². The average Bonchev–Trinajstić information content (AvgIpc) is 2.28. The van der Waals surface area contributed by atoms with E-state index in [9.17, 15) is 13.2 Å². The van der Waals surface area contributed by atoms with E-state index in [0.29, 0.717) is 11.4 Å². The first kappa shape index (κ1) is 11.3. The molecule has 0 spiro atoms. The molecule has 88 valence electrons. The van der Waals surface area contributed by atoms with Crippen LogP contribution in [0.25, 0.3) is 11.4 Å². The van der Waals surface area contributed by atoms with E-state index in [2.05, 4.69) is 15.0 Å². The average molecular weight is 240 g/mol. The second-order valence-corrected chi connectivity index (χ2v) is 3.23. The highest BCUT2D eigenvalue weighted by atomic mass is 19.4. The molecule has 0 aliphatic heterocycles. The number of nitrogens with two attached hydrogens (primary N) is 1. The second-order valence-electron chi connectivity index (χ2n) is 3.23. The number of nitrogens with zero attached hydrogens (tertiary/aromatic N) is 3. The quantitative estimate of drug-likeness (QED) is 0.829. The van der Waals surface area contributed by atoms with Crippen molar-refractivity contribution in [2.45, 2.75) is 6.18 Å². The molecule has 0 radical (unpaired) electrons. The van der Waals surface area contributed by atoms with E-state index < -0.39 is 11.7 Å². The summed E-state index contributed by atoms with van der Waals surface area (Å²) in [5, 5.41) is 0. The Morgan fingerprint density at radius 2 is 1.76 bits per heavy atom. The zero-order chi connectivity index (χ0) is 12.5. The van der Waals surface area contributed by atoms with Crippen LogP contribution in [0, 0.1) is 0 Å². The molecule has 4 nitrogen and oxygen atoms in total. The molecule has 2 N–H and O–H groups in total. The molecule has 0 aliphatic rings. The third-order valence-electron chi connectivity index (χ3n) is 2.03. The summed E-state index contributed by atoms with van der Waals surface area (Å²) in [5.41, 5.74) is 5.26. The van der Waals surface area contributed by atoms with Crippen LogP contribution in [0.4, 0.5) is 19.1 Å². The summed E-state index contributed by atoms with van der Waals surface area (Å²) in [6.45, 7) is 0. The molecule has 2 rings (SSSR count). The van der Waals surface area contributed by atoms with Crippen molar-refractivity contribution in [2.24, 2.45) is 0 Å². The lowest BCUT2D eigenvalue weighted by atomic mass is 10.2. The zero-order valence-corrected chi connectivity index (χ0v) is 8.44. The zero-order valence-electron chi connectivity index (χ0n) is 8.44. The summed E-state index contributed by atoms with van der Waals surface area (Å²) in [5.74, 6) is 0.0456. The van der Waals surface area contributed by atoms with Gasteiger partial charge in [-0.25, -0.2) is 9.97 Å². The molecule has 0 bridgehead atoms. The van der Waals surface area contributed by atoms with Crippen LogP contribution in [0.3, 0.4) is 0 Å². The Balaban J connectivity index is 2.36. The topological polar surface area (TPSA) is 64.7 Å². The summed E-state index contributed by atoms with van der Waals surface area (Å²) < 4.78 is 36.9. The second kappa shape index (κ2) is 4.00. The molecule has 17 heavy (non-hydrogen) atoms. The van der Waals surface area contributed by atoms with Gasteiger partial charge in [0.05, 0.1) is 17.0 Å². The molecule has 0 aliphatic carbocycles. The summed E-state index contributed by atoms with van der Waals surface area (Å²) in [7, 11) is 0. The van der Waals surface area contributed by atoms with Gasteiger partial charge in [0.15, 0.2) is 0 Å². The Kier molecular flexibility index (Phi) is 2.66. The van der Waals surface area contributed by atoms with Crippen molar-refractivity contribution in [3.63, 3.8) is 0 Å². The van der Waals surface area contributed by atoms with Crippen LogP contribution in [0.5, 0.6) is 0 Å². The number of hydrogen-bond donors (Lipinski definition) is 1. The predicted octanol–water partition coefficient (Wildman–Crippen LogP) is 2.14. The number of halogens is 3. The Labute approximate surface area is 94.3 Å². The van der Waals surface area contributed by atoms with Gasteiger partial charge in [0, 0.05) is 12.4 Å². The lowest BCUT2D eigenvalue weighted by Gasteiger charge is -2.06. The molecule has 0 aromatic carbocycles. The van der Waals surface area contributed by atoms with E-state index in [1.165, 1.54) is 18.3 Å². The van der Waals surface area contributed by atoms with Gasteiger partial charge >= 0.3 is 6.18 Å². The fourth-order valence-electron chi connectivity index (χ4n) is 1.23. The highest BCUT2D eigenvalue weighted by Gasteiger charge is 2.30. The molecular weight excluding hydrogens is 233 g/mol. The van der Waals surface area contributed by atoms with Gasteiger partial charge in [0.25, 0.3) is 0 Å². The van der Waals surface area contributed by atoms with Crippen molar-refractivity contribution in [1.29, 1.82) is 0 Å². The molecular formula is C10H7F3N4. The van der Waals surface area contributed by atoms with Crippen molar-refractivity contribution in [3.8, 4) is 11.4 Å². The lowest BCUT2D eigenvalue weighted by molar-refractivity contribution is -0.137. The Bertz CT molecular complexity index is 522. The Hall–Kier alpha value is -2.18. The molecule has 0 saturated carbocycles. The minimum atomic E-state index is -4.39. The fourth-order valence-corrected chi connectivity index (χ4v) is 1.23. The predicted molar refractivity (Wildman–Crippen MR) is 54.7 cm³/mol. The summed E-state index contributed by atoms with van der Waals surface area (Å²) in [6.07, 6.45) is -2.22. The van der Waals surface area contributed by atoms with Crippen molar-refractivity contribution in [3.05, 3.63) is 36.2 Å². The fraction of sp³-hybridized carbons (Fsp3) is 0.100. The molecule has 2 aromatic rings. The minimum Gasteiger partial charge on any atom is -0.368 e. The third-order valence-corrected chi connectivity index (χ3v) is 2.03. The summed E-state index contributed by atoms with van der Waals surface area (Å²) >= 11 is 0. The first-order valence-corrected chi connectivity index (χ1v) is 4.59. The van der Waals surface area contributed by atoms with Crippen molar-refractivity contribution < 1.29 is 13.2 Å². The van der Waals surface area contributed by atoms with Crippen molar-refractivity contribution in [2.75, 3.05) is 5.73 Å². The number of aromatic nitrogens is 3. The minimum absolute atomic E-state index is 0.0456. The highest BCUT2D eigenvalue weighted by molar-refractivity contribution is 5.54. The van der Waals surface area contributed by atoms with Gasteiger partial charge in [-0.2, -0.15) is 13.2 Å². The molecule has 2 heterocycles. The van der Waals surface area contributed by atoms with Gasteiger partial charge in [0.2, 0.25) is 5.95 Å². The van der Waals surface area contributed by atoms with Gasteiger partial charge < -0.3 is 5.73 Å². The molecule has 7 heteroatoms. The van der Waals surface area contributed by atoms with Crippen LogP contribution in [0.1, 0.15) is 5.56 Å². The van der Waals surface area contributed by atoms with E-state index in [1.807, 2.05) is 0 Å².